The fraction of sp³-hybridized carbons (Fsp3) is 0. The minimum atomic E-state index is 0.922. The van der Waals surface area contributed by atoms with E-state index in [1.807, 2.05) is 23.9 Å². The van der Waals surface area contributed by atoms with E-state index >= 15 is 0 Å². The van der Waals surface area contributed by atoms with Gasteiger partial charge in [-0.15, -0.1) is 0 Å². The third-order valence-electron chi connectivity index (χ3n) is 8.70. The molecule has 10 rings (SSSR count). The standard InChI is InChI=1S/C38H22N2OS/c1-2-9-25(10-3-1)39-30-14-6-4-12-28(30)36-29-13-8-16-34-37(29)40(38(36)39)31-20-18-24(22-35(31)42-34)23-17-19-27-26-11-5-7-15-32(26)41-33(27)21-23/h1-22H. The first-order valence-corrected chi connectivity index (χ1v) is 15.0. The third-order valence-corrected chi connectivity index (χ3v) is 9.80. The monoisotopic (exact) mass is 554 g/mol. The van der Waals surface area contributed by atoms with Crippen LogP contribution >= 0.6 is 11.8 Å². The second-order valence-electron chi connectivity index (χ2n) is 11.0. The van der Waals surface area contributed by atoms with Gasteiger partial charge in [0.2, 0.25) is 0 Å². The van der Waals surface area contributed by atoms with Crippen LogP contribution in [0.1, 0.15) is 0 Å². The molecule has 0 N–H and O–H groups in total. The summed E-state index contributed by atoms with van der Waals surface area (Å²) in [4.78, 5) is 2.53. The summed E-state index contributed by atoms with van der Waals surface area (Å²) < 4.78 is 11.1. The van der Waals surface area contributed by atoms with Crippen molar-refractivity contribution in [2.45, 2.75) is 9.79 Å². The summed E-state index contributed by atoms with van der Waals surface area (Å²) in [5, 5.41) is 6.19. The smallest absolute Gasteiger partial charge is 0.136 e. The Bertz CT molecular complexity index is 2550. The second-order valence-corrected chi connectivity index (χ2v) is 12.1. The molecule has 3 nitrogen and oxygen atoms in total. The minimum absolute atomic E-state index is 0.922. The zero-order chi connectivity index (χ0) is 27.4. The minimum Gasteiger partial charge on any atom is -0.456 e. The Hall–Kier alpha value is -5.19. The molecule has 0 saturated carbocycles. The fourth-order valence-electron chi connectivity index (χ4n) is 6.90. The maximum absolute atomic E-state index is 6.22. The van der Waals surface area contributed by atoms with Crippen molar-refractivity contribution in [2.75, 3.05) is 0 Å². The molecule has 0 spiro atoms. The molecule has 0 radical (unpaired) electrons. The summed E-state index contributed by atoms with van der Waals surface area (Å²) >= 11 is 1.86. The molecule has 1 aliphatic rings. The summed E-state index contributed by atoms with van der Waals surface area (Å²) in [5.74, 6) is 0. The zero-order valence-corrected chi connectivity index (χ0v) is 23.2. The van der Waals surface area contributed by atoms with Gasteiger partial charge in [0, 0.05) is 42.4 Å². The molecule has 1 aliphatic heterocycles. The average Bonchev–Trinajstić information content (AvgIpc) is 3.70. The molecule has 3 aromatic heterocycles. The van der Waals surface area contributed by atoms with Gasteiger partial charge in [-0.05, 0) is 65.7 Å². The van der Waals surface area contributed by atoms with E-state index in [2.05, 4.69) is 130 Å². The van der Waals surface area contributed by atoms with E-state index in [1.54, 1.807) is 0 Å². The van der Waals surface area contributed by atoms with Crippen LogP contribution in [0.3, 0.4) is 0 Å². The highest BCUT2D eigenvalue weighted by Gasteiger charge is 2.28. The summed E-state index contributed by atoms with van der Waals surface area (Å²) in [6.45, 7) is 0. The quantitative estimate of drug-likeness (QED) is 0.212. The first-order chi connectivity index (χ1) is 20.8. The van der Waals surface area contributed by atoms with Gasteiger partial charge in [0.05, 0.1) is 16.7 Å². The summed E-state index contributed by atoms with van der Waals surface area (Å²) in [6.07, 6.45) is 0. The molecule has 0 saturated heterocycles. The van der Waals surface area contributed by atoms with Crippen molar-refractivity contribution >= 4 is 66.5 Å². The Balaban J connectivity index is 1.25. The number of hydrogen-bond acceptors (Lipinski definition) is 2. The van der Waals surface area contributed by atoms with E-state index in [4.69, 9.17) is 4.42 Å². The number of benzene rings is 6. The number of nitrogens with zero attached hydrogens (tertiary/aromatic N) is 2. The van der Waals surface area contributed by atoms with Crippen molar-refractivity contribution in [3.8, 4) is 22.5 Å². The van der Waals surface area contributed by atoms with Gasteiger partial charge in [0.1, 0.15) is 16.8 Å². The van der Waals surface area contributed by atoms with Crippen LogP contribution in [0.5, 0.6) is 0 Å². The number of para-hydroxylation sites is 4. The molecule has 0 bridgehead atoms. The maximum Gasteiger partial charge on any atom is 0.136 e. The van der Waals surface area contributed by atoms with Gasteiger partial charge < -0.3 is 4.42 Å². The van der Waals surface area contributed by atoms with E-state index in [0.717, 1.165) is 27.5 Å². The molecule has 4 heterocycles. The summed E-state index contributed by atoms with van der Waals surface area (Å²) in [7, 11) is 0. The average molecular weight is 555 g/mol. The number of rotatable bonds is 2. The maximum atomic E-state index is 6.22. The van der Waals surface area contributed by atoms with Crippen LogP contribution in [0.4, 0.5) is 0 Å². The van der Waals surface area contributed by atoms with E-state index in [9.17, 15) is 0 Å². The lowest BCUT2D eigenvalue weighted by Gasteiger charge is -2.22. The molecule has 0 aliphatic carbocycles. The Morgan fingerprint density at radius 1 is 0.500 bits per heavy atom. The van der Waals surface area contributed by atoms with E-state index in [0.29, 0.717) is 0 Å². The Kier molecular flexibility index (Phi) is 4.38. The van der Waals surface area contributed by atoms with Crippen molar-refractivity contribution in [3.05, 3.63) is 133 Å². The van der Waals surface area contributed by atoms with Crippen molar-refractivity contribution in [3.63, 3.8) is 0 Å². The highest BCUT2D eigenvalue weighted by molar-refractivity contribution is 7.99. The molecule has 42 heavy (non-hydrogen) atoms. The van der Waals surface area contributed by atoms with E-state index in [1.165, 1.54) is 59.6 Å². The molecule has 0 amide bonds. The van der Waals surface area contributed by atoms with Crippen LogP contribution < -0.4 is 0 Å². The number of furan rings is 1. The molecule has 4 heteroatoms. The number of aromatic nitrogens is 2. The lowest BCUT2D eigenvalue weighted by molar-refractivity contribution is 0.669. The van der Waals surface area contributed by atoms with Gasteiger partial charge in [-0.2, -0.15) is 0 Å². The first-order valence-electron chi connectivity index (χ1n) is 14.2. The lowest BCUT2D eigenvalue weighted by atomic mass is 10.0. The van der Waals surface area contributed by atoms with Crippen molar-refractivity contribution < 1.29 is 4.42 Å². The molecule has 0 atom stereocenters. The van der Waals surface area contributed by atoms with Crippen LogP contribution in [0.2, 0.25) is 0 Å². The SMILES string of the molecule is c1ccc(-n2c3ccccc3c3c4cccc5c4n(c32)-c2ccc(-c3ccc4c(c3)oc3ccccc34)cc2S5)cc1. The normalized spacial score (nSPS) is 12.7. The van der Waals surface area contributed by atoms with E-state index in [-0.39, 0.29) is 0 Å². The van der Waals surface area contributed by atoms with Crippen LogP contribution in [-0.4, -0.2) is 9.13 Å². The Labute approximate surface area is 245 Å². The van der Waals surface area contributed by atoms with Crippen LogP contribution in [0.25, 0.3) is 77.3 Å². The number of fused-ring (bicyclic) bond motifs is 10. The Morgan fingerprint density at radius 3 is 2.17 bits per heavy atom. The molecule has 6 aromatic carbocycles. The van der Waals surface area contributed by atoms with Crippen LogP contribution in [0.15, 0.2) is 148 Å². The predicted molar refractivity (Wildman–Crippen MR) is 174 cm³/mol. The number of hydrogen-bond donors (Lipinski definition) is 0. The van der Waals surface area contributed by atoms with Gasteiger partial charge in [0.25, 0.3) is 0 Å². The van der Waals surface area contributed by atoms with Crippen molar-refractivity contribution in [1.82, 2.24) is 9.13 Å². The Morgan fingerprint density at radius 2 is 1.24 bits per heavy atom. The fourth-order valence-corrected chi connectivity index (χ4v) is 8.04. The summed E-state index contributed by atoms with van der Waals surface area (Å²) in [6, 6.07) is 48.0. The first kappa shape index (κ1) is 22.5. The topological polar surface area (TPSA) is 23.0 Å². The van der Waals surface area contributed by atoms with Crippen LogP contribution in [0, 0.1) is 0 Å². The van der Waals surface area contributed by atoms with Gasteiger partial charge in [-0.1, -0.05) is 90.6 Å². The summed E-state index contributed by atoms with van der Waals surface area (Å²) in [5.41, 5.74) is 10.3. The largest absolute Gasteiger partial charge is 0.456 e. The van der Waals surface area contributed by atoms with Crippen molar-refractivity contribution in [2.24, 2.45) is 0 Å². The highest BCUT2D eigenvalue weighted by atomic mass is 32.2. The van der Waals surface area contributed by atoms with E-state index < -0.39 is 0 Å². The van der Waals surface area contributed by atoms with Gasteiger partial charge in [-0.25, -0.2) is 0 Å². The zero-order valence-electron chi connectivity index (χ0n) is 22.4. The predicted octanol–water partition coefficient (Wildman–Crippen LogP) is 10.8. The third kappa shape index (κ3) is 2.92. The molecular weight excluding hydrogens is 532 g/mol. The molecule has 0 unspecified atom stereocenters. The molecule has 196 valence electrons. The molecule has 0 fully saturated rings. The second kappa shape index (κ2) is 8.19. The molecular formula is C38H22N2OS. The molecule has 9 aromatic rings. The van der Waals surface area contributed by atoms with Gasteiger partial charge in [-0.3, -0.25) is 9.13 Å². The lowest BCUT2D eigenvalue weighted by Crippen LogP contribution is -2.05. The highest BCUT2D eigenvalue weighted by Crippen LogP contribution is 2.50. The van der Waals surface area contributed by atoms with Crippen molar-refractivity contribution in [1.29, 1.82) is 0 Å². The van der Waals surface area contributed by atoms with Gasteiger partial charge in [0.15, 0.2) is 0 Å². The van der Waals surface area contributed by atoms with Crippen LogP contribution in [-0.2, 0) is 0 Å². The van der Waals surface area contributed by atoms with Gasteiger partial charge >= 0.3 is 0 Å².